The number of rotatable bonds is 3. The van der Waals surface area contributed by atoms with Gasteiger partial charge in [-0.1, -0.05) is 31.0 Å². The number of nitrogens with two attached hydrogens (primary N) is 1. The minimum Gasteiger partial charge on any atom is -0.327 e. The number of benzene rings is 1. The highest BCUT2D eigenvalue weighted by atomic mass is 35.5. The molecule has 0 spiro atoms. The molecule has 2 nitrogen and oxygen atoms in total. The van der Waals surface area contributed by atoms with Crippen molar-refractivity contribution >= 4 is 17.4 Å². The molecule has 0 aromatic heterocycles. The number of carbonyl (C=O) groups is 1. The zero-order valence-electron chi connectivity index (χ0n) is 10.4. The second-order valence-electron chi connectivity index (χ2n) is 5.26. The molecule has 18 heavy (non-hydrogen) atoms. The Morgan fingerprint density at radius 1 is 1.61 bits per heavy atom. The van der Waals surface area contributed by atoms with Crippen LogP contribution in [0.15, 0.2) is 18.2 Å². The van der Waals surface area contributed by atoms with Crippen LogP contribution in [0.5, 0.6) is 0 Å². The van der Waals surface area contributed by atoms with E-state index in [1.807, 2.05) is 6.92 Å². The summed E-state index contributed by atoms with van der Waals surface area (Å²) in [6.45, 7) is 1.92. The highest BCUT2D eigenvalue weighted by Crippen LogP contribution is 2.38. The monoisotopic (exact) mass is 269 g/mol. The van der Waals surface area contributed by atoms with Crippen LogP contribution in [0.1, 0.15) is 31.7 Å². The van der Waals surface area contributed by atoms with Crippen LogP contribution < -0.4 is 5.73 Å². The van der Waals surface area contributed by atoms with E-state index in [-0.39, 0.29) is 23.3 Å². The number of halogens is 2. The Hall–Kier alpha value is -0.930. The number of hydrogen-bond donors (Lipinski definition) is 1. The minimum absolute atomic E-state index is 0.0787. The first-order chi connectivity index (χ1) is 8.43. The van der Waals surface area contributed by atoms with Gasteiger partial charge in [0.2, 0.25) is 0 Å². The van der Waals surface area contributed by atoms with Gasteiger partial charge in [0, 0.05) is 17.9 Å². The van der Waals surface area contributed by atoms with Crippen LogP contribution in [0.2, 0.25) is 5.02 Å². The first kappa shape index (κ1) is 13.5. The fraction of sp³-hybridized carbons (Fsp3) is 0.500. The Morgan fingerprint density at radius 2 is 2.33 bits per heavy atom. The molecule has 1 fully saturated rings. The van der Waals surface area contributed by atoms with Gasteiger partial charge in [-0.3, -0.25) is 4.79 Å². The van der Waals surface area contributed by atoms with Crippen LogP contribution in [0.25, 0.3) is 0 Å². The van der Waals surface area contributed by atoms with Crippen molar-refractivity contribution in [2.24, 2.45) is 11.1 Å². The van der Waals surface area contributed by atoms with Crippen LogP contribution in [-0.4, -0.2) is 11.8 Å². The molecule has 4 heteroatoms. The Balaban J connectivity index is 2.14. The highest BCUT2D eigenvalue weighted by molar-refractivity contribution is 6.30. The summed E-state index contributed by atoms with van der Waals surface area (Å²) in [4.78, 5) is 12.3. The molecule has 0 radical (unpaired) electrons. The largest absolute Gasteiger partial charge is 0.327 e. The zero-order chi connectivity index (χ0) is 13.3. The third kappa shape index (κ3) is 2.43. The summed E-state index contributed by atoms with van der Waals surface area (Å²) < 4.78 is 13.3. The lowest BCUT2D eigenvalue weighted by Crippen LogP contribution is -2.41. The van der Waals surface area contributed by atoms with Crippen molar-refractivity contribution in [3.63, 3.8) is 0 Å². The molecular weight excluding hydrogens is 253 g/mol. The molecule has 1 aromatic rings. The van der Waals surface area contributed by atoms with Crippen LogP contribution in [0.3, 0.4) is 0 Å². The summed E-state index contributed by atoms with van der Waals surface area (Å²) in [5.41, 5.74) is 6.20. The van der Waals surface area contributed by atoms with E-state index in [9.17, 15) is 9.18 Å². The van der Waals surface area contributed by atoms with Gasteiger partial charge in [0.1, 0.15) is 11.6 Å². The van der Waals surface area contributed by atoms with E-state index in [1.54, 1.807) is 6.07 Å². The molecule has 2 rings (SSSR count). The summed E-state index contributed by atoms with van der Waals surface area (Å²) in [7, 11) is 0. The van der Waals surface area contributed by atoms with Gasteiger partial charge in [-0.25, -0.2) is 4.39 Å². The second kappa shape index (κ2) is 4.98. The van der Waals surface area contributed by atoms with Gasteiger partial charge >= 0.3 is 0 Å². The van der Waals surface area contributed by atoms with E-state index in [0.29, 0.717) is 5.56 Å². The molecule has 2 N–H and O–H groups in total. The molecule has 0 amide bonds. The van der Waals surface area contributed by atoms with Crippen molar-refractivity contribution in [3.05, 3.63) is 34.6 Å². The lowest BCUT2D eigenvalue weighted by atomic mass is 9.78. The summed E-state index contributed by atoms with van der Waals surface area (Å²) >= 11 is 5.61. The molecule has 98 valence electrons. The molecule has 0 saturated heterocycles. The molecule has 0 heterocycles. The Bertz CT molecular complexity index is 477. The third-order valence-electron chi connectivity index (χ3n) is 4.02. The Kier molecular flexibility index (Phi) is 3.74. The number of carbonyl (C=O) groups excluding carboxylic acids is 1. The van der Waals surface area contributed by atoms with Crippen LogP contribution in [0, 0.1) is 11.2 Å². The predicted molar refractivity (Wildman–Crippen MR) is 70.1 cm³/mol. The van der Waals surface area contributed by atoms with Gasteiger partial charge < -0.3 is 5.73 Å². The highest BCUT2D eigenvalue weighted by Gasteiger charge is 2.42. The maximum atomic E-state index is 13.3. The van der Waals surface area contributed by atoms with Crippen LogP contribution in [0.4, 0.5) is 4.39 Å². The normalized spacial score (nSPS) is 27.4. The Morgan fingerprint density at radius 3 is 2.89 bits per heavy atom. The van der Waals surface area contributed by atoms with Crippen molar-refractivity contribution in [1.82, 2.24) is 0 Å². The summed E-state index contributed by atoms with van der Waals surface area (Å²) in [5.74, 6) is -0.392. The summed E-state index contributed by atoms with van der Waals surface area (Å²) in [6, 6.07) is 4.41. The lowest BCUT2D eigenvalue weighted by Gasteiger charge is -2.27. The predicted octanol–water partition coefficient (Wildman–Crippen LogP) is 3.11. The van der Waals surface area contributed by atoms with Crippen molar-refractivity contribution < 1.29 is 9.18 Å². The fourth-order valence-corrected chi connectivity index (χ4v) is 2.69. The SMILES string of the molecule is CC1(C(=O)Cc2ccc(Cl)c(F)c2)CCCC1N. The van der Waals surface area contributed by atoms with Gasteiger partial charge in [0.05, 0.1) is 5.02 Å². The van der Waals surface area contributed by atoms with E-state index >= 15 is 0 Å². The molecule has 1 aliphatic rings. The van der Waals surface area contributed by atoms with E-state index in [2.05, 4.69) is 0 Å². The Labute approximate surface area is 111 Å². The van der Waals surface area contributed by atoms with Crippen molar-refractivity contribution in [2.45, 2.75) is 38.6 Å². The van der Waals surface area contributed by atoms with Crippen molar-refractivity contribution in [2.75, 3.05) is 0 Å². The average molecular weight is 270 g/mol. The number of hydrogen-bond acceptors (Lipinski definition) is 2. The quantitative estimate of drug-likeness (QED) is 0.916. The van der Waals surface area contributed by atoms with E-state index < -0.39 is 11.2 Å². The molecule has 1 saturated carbocycles. The van der Waals surface area contributed by atoms with Gasteiger partial charge in [0.25, 0.3) is 0 Å². The van der Waals surface area contributed by atoms with Crippen LogP contribution >= 0.6 is 11.6 Å². The van der Waals surface area contributed by atoms with Crippen molar-refractivity contribution in [1.29, 1.82) is 0 Å². The standard InChI is InChI=1S/C14H17ClFNO/c1-14(6-2-3-12(14)17)13(18)8-9-4-5-10(15)11(16)7-9/h4-5,7,12H,2-3,6,8,17H2,1H3. The molecule has 1 aliphatic carbocycles. The van der Waals surface area contributed by atoms with Crippen molar-refractivity contribution in [3.8, 4) is 0 Å². The zero-order valence-corrected chi connectivity index (χ0v) is 11.1. The molecular formula is C14H17ClFNO. The molecule has 0 bridgehead atoms. The van der Waals surface area contributed by atoms with Crippen LogP contribution in [-0.2, 0) is 11.2 Å². The second-order valence-corrected chi connectivity index (χ2v) is 5.67. The first-order valence-corrected chi connectivity index (χ1v) is 6.54. The number of Topliss-reactive ketones (excluding diaryl/α,β-unsaturated/α-hetero) is 1. The third-order valence-corrected chi connectivity index (χ3v) is 4.32. The van der Waals surface area contributed by atoms with E-state index in [0.717, 1.165) is 19.3 Å². The fourth-order valence-electron chi connectivity index (χ4n) is 2.58. The maximum absolute atomic E-state index is 13.3. The molecule has 1 aromatic carbocycles. The van der Waals surface area contributed by atoms with E-state index in [1.165, 1.54) is 12.1 Å². The van der Waals surface area contributed by atoms with Gasteiger partial charge in [-0.2, -0.15) is 0 Å². The van der Waals surface area contributed by atoms with Gasteiger partial charge in [-0.05, 0) is 30.5 Å². The minimum atomic E-state index is -0.483. The number of ketones is 1. The smallest absolute Gasteiger partial charge is 0.144 e. The van der Waals surface area contributed by atoms with E-state index in [4.69, 9.17) is 17.3 Å². The first-order valence-electron chi connectivity index (χ1n) is 6.16. The molecule has 2 unspecified atom stereocenters. The average Bonchev–Trinajstić information content (AvgIpc) is 2.66. The van der Waals surface area contributed by atoms with Gasteiger partial charge in [0.15, 0.2) is 0 Å². The summed E-state index contributed by atoms with van der Waals surface area (Å²) in [6.07, 6.45) is 2.91. The molecule has 0 aliphatic heterocycles. The lowest BCUT2D eigenvalue weighted by molar-refractivity contribution is -0.127. The molecule has 2 atom stereocenters. The topological polar surface area (TPSA) is 43.1 Å². The maximum Gasteiger partial charge on any atom is 0.144 e. The summed E-state index contributed by atoms with van der Waals surface area (Å²) in [5, 5.41) is 0.0787. The van der Waals surface area contributed by atoms with Gasteiger partial charge in [-0.15, -0.1) is 0 Å².